The molecule has 1 aromatic heterocycles. The maximum Gasteiger partial charge on any atom is 0.417 e. The van der Waals surface area contributed by atoms with Crippen molar-refractivity contribution in [1.82, 2.24) is 4.98 Å². The second-order valence-electron chi connectivity index (χ2n) is 3.71. The number of H-pyrrole nitrogens is 1. The summed E-state index contributed by atoms with van der Waals surface area (Å²) in [5.41, 5.74) is -1.15. The number of nitrogens with one attached hydrogen (secondary N) is 1. The molecule has 0 radical (unpaired) electrons. The Balaban J connectivity index is 2.74. The molecule has 3 N–H and O–H groups in total. The molecular formula is C11H8F3NO3. The van der Waals surface area contributed by atoms with E-state index in [1.807, 2.05) is 0 Å². The number of aromatic nitrogens is 1. The quantitative estimate of drug-likeness (QED) is 0.774. The SMILES string of the molecule is O=C(O)C(O)c1c[nH]c2cccc(C(F)(F)F)c12. The lowest BCUT2D eigenvalue weighted by molar-refractivity contribution is -0.147. The van der Waals surface area contributed by atoms with E-state index in [1.165, 1.54) is 12.1 Å². The minimum Gasteiger partial charge on any atom is -0.479 e. The fourth-order valence-electron chi connectivity index (χ4n) is 1.80. The molecule has 0 bridgehead atoms. The number of alkyl halides is 3. The van der Waals surface area contributed by atoms with Crippen LogP contribution in [0.5, 0.6) is 0 Å². The van der Waals surface area contributed by atoms with Gasteiger partial charge in [-0.2, -0.15) is 13.2 Å². The Morgan fingerprint density at radius 2 is 2.00 bits per heavy atom. The smallest absolute Gasteiger partial charge is 0.417 e. The number of aromatic amines is 1. The molecule has 18 heavy (non-hydrogen) atoms. The molecule has 0 spiro atoms. The number of carboxylic acid groups (broad SMARTS) is 1. The topological polar surface area (TPSA) is 73.3 Å². The third kappa shape index (κ3) is 1.92. The lowest BCUT2D eigenvalue weighted by atomic mass is 10.0. The first kappa shape index (κ1) is 12.4. The number of hydrogen-bond donors (Lipinski definition) is 3. The molecular weight excluding hydrogens is 251 g/mol. The van der Waals surface area contributed by atoms with Crippen LogP contribution in [0.4, 0.5) is 13.2 Å². The minimum atomic E-state index is -4.62. The van der Waals surface area contributed by atoms with Crippen LogP contribution in [0.25, 0.3) is 10.9 Å². The van der Waals surface area contributed by atoms with Gasteiger partial charge in [0, 0.05) is 22.7 Å². The summed E-state index contributed by atoms with van der Waals surface area (Å²) >= 11 is 0. The highest BCUT2D eigenvalue weighted by molar-refractivity contribution is 5.91. The van der Waals surface area contributed by atoms with Crippen LogP contribution in [-0.2, 0) is 11.0 Å². The number of aliphatic hydroxyl groups excluding tert-OH is 1. The molecule has 0 aliphatic carbocycles. The van der Waals surface area contributed by atoms with Gasteiger partial charge in [-0.25, -0.2) is 4.79 Å². The lowest BCUT2D eigenvalue weighted by Crippen LogP contribution is -2.12. The van der Waals surface area contributed by atoms with Crippen molar-refractivity contribution in [3.63, 3.8) is 0 Å². The van der Waals surface area contributed by atoms with E-state index in [0.717, 1.165) is 12.3 Å². The molecule has 1 atom stereocenters. The summed E-state index contributed by atoms with van der Waals surface area (Å²) in [5.74, 6) is -1.60. The predicted octanol–water partition coefficient (Wildman–Crippen LogP) is 2.30. The number of aliphatic carboxylic acids is 1. The van der Waals surface area contributed by atoms with E-state index >= 15 is 0 Å². The number of rotatable bonds is 2. The normalized spacial score (nSPS) is 13.8. The first-order chi connectivity index (χ1) is 8.32. The van der Waals surface area contributed by atoms with Crippen LogP contribution in [0.1, 0.15) is 17.2 Å². The monoisotopic (exact) mass is 259 g/mol. The molecule has 1 heterocycles. The zero-order chi connectivity index (χ0) is 13.5. The van der Waals surface area contributed by atoms with Crippen LogP contribution in [-0.4, -0.2) is 21.2 Å². The average molecular weight is 259 g/mol. The van der Waals surface area contributed by atoms with Crippen LogP contribution in [0.15, 0.2) is 24.4 Å². The number of halogens is 3. The van der Waals surface area contributed by atoms with Crippen molar-refractivity contribution in [2.24, 2.45) is 0 Å². The molecule has 0 amide bonds. The fraction of sp³-hybridized carbons (Fsp3) is 0.182. The fourth-order valence-corrected chi connectivity index (χ4v) is 1.80. The molecule has 1 aromatic carbocycles. The molecule has 0 aliphatic heterocycles. The van der Waals surface area contributed by atoms with Gasteiger partial charge >= 0.3 is 12.1 Å². The van der Waals surface area contributed by atoms with Crippen molar-refractivity contribution in [2.45, 2.75) is 12.3 Å². The summed E-state index contributed by atoms with van der Waals surface area (Å²) in [6.07, 6.45) is -5.55. The maximum atomic E-state index is 12.8. The molecule has 1 unspecified atom stereocenters. The van der Waals surface area contributed by atoms with Crippen molar-refractivity contribution >= 4 is 16.9 Å². The Morgan fingerprint density at radius 3 is 2.56 bits per heavy atom. The number of aliphatic hydroxyl groups is 1. The highest BCUT2D eigenvalue weighted by Gasteiger charge is 2.35. The number of benzene rings is 1. The molecule has 0 saturated heterocycles. The highest BCUT2D eigenvalue weighted by atomic mass is 19.4. The van der Waals surface area contributed by atoms with Crippen molar-refractivity contribution in [1.29, 1.82) is 0 Å². The first-order valence-corrected chi connectivity index (χ1v) is 4.90. The Bertz CT molecular complexity index is 603. The molecule has 0 aliphatic rings. The molecule has 2 rings (SSSR count). The number of carbonyl (C=O) groups is 1. The minimum absolute atomic E-state index is 0.125. The van der Waals surface area contributed by atoms with Gasteiger partial charge in [0.05, 0.1) is 5.56 Å². The van der Waals surface area contributed by atoms with Gasteiger partial charge in [-0.05, 0) is 12.1 Å². The third-order valence-electron chi connectivity index (χ3n) is 2.57. The summed E-state index contributed by atoms with van der Waals surface area (Å²) < 4.78 is 38.4. The molecule has 2 aromatic rings. The molecule has 0 fully saturated rings. The van der Waals surface area contributed by atoms with Gasteiger partial charge in [-0.15, -0.1) is 0 Å². The maximum absolute atomic E-state index is 12.8. The zero-order valence-electron chi connectivity index (χ0n) is 8.82. The molecule has 0 saturated carbocycles. The Morgan fingerprint density at radius 1 is 1.33 bits per heavy atom. The van der Waals surface area contributed by atoms with E-state index in [2.05, 4.69) is 4.98 Å². The van der Waals surface area contributed by atoms with Gasteiger partial charge in [0.25, 0.3) is 0 Å². The summed E-state index contributed by atoms with van der Waals surface area (Å²) in [5, 5.41) is 17.7. The van der Waals surface area contributed by atoms with Crippen LogP contribution < -0.4 is 0 Å². The van der Waals surface area contributed by atoms with E-state index in [-0.39, 0.29) is 16.5 Å². The molecule has 7 heteroatoms. The van der Waals surface area contributed by atoms with Crippen LogP contribution >= 0.6 is 0 Å². The lowest BCUT2D eigenvalue weighted by Gasteiger charge is -2.11. The van der Waals surface area contributed by atoms with Gasteiger partial charge in [0.15, 0.2) is 6.10 Å². The van der Waals surface area contributed by atoms with Gasteiger partial charge in [0.1, 0.15) is 0 Å². The Labute approximate surface area is 98.7 Å². The molecule has 4 nitrogen and oxygen atoms in total. The van der Waals surface area contributed by atoms with Crippen molar-refractivity contribution in [3.05, 3.63) is 35.5 Å². The number of carboxylic acids is 1. The zero-order valence-corrected chi connectivity index (χ0v) is 8.82. The predicted molar refractivity (Wildman–Crippen MR) is 55.9 cm³/mol. The summed E-state index contributed by atoms with van der Waals surface area (Å²) in [4.78, 5) is 13.2. The number of hydrogen-bond acceptors (Lipinski definition) is 2. The Hall–Kier alpha value is -2.02. The van der Waals surface area contributed by atoms with Gasteiger partial charge in [-0.3, -0.25) is 0 Å². The third-order valence-corrected chi connectivity index (χ3v) is 2.57. The van der Waals surface area contributed by atoms with Gasteiger partial charge in [-0.1, -0.05) is 6.07 Å². The van der Waals surface area contributed by atoms with E-state index < -0.39 is 23.8 Å². The second kappa shape index (κ2) is 4.02. The first-order valence-electron chi connectivity index (χ1n) is 4.90. The van der Waals surface area contributed by atoms with Gasteiger partial charge < -0.3 is 15.2 Å². The van der Waals surface area contributed by atoms with Crippen molar-refractivity contribution in [2.75, 3.05) is 0 Å². The van der Waals surface area contributed by atoms with E-state index in [9.17, 15) is 23.1 Å². The van der Waals surface area contributed by atoms with E-state index in [4.69, 9.17) is 5.11 Å². The Kier molecular flexibility index (Phi) is 2.78. The second-order valence-corrected chi connectivity index (χ2v) is 3.71. The van der Waals surface area contributed by atoms with Crippen LogP contribution in [0.2, 0.25) is 0 Å². The van der Waals surface area contributed by atoms with Crippen molar-refractivity contribution < 1.29 is 28.2 Å². The standard InChI is InChI=1S/C11H8F3NO3/c12-11(13,14)6-2-1-3-7-8(6)5(4-15-7)9(16)10(17)18/h1-4,9,15-16H,(H,17,18). The summed E-state index contributed by atoms with van der Waals surface area (Å²) in [6, 6.07) is 3.43. The summed E-state index contributed by atoms with van der Waals surface area (Å²) in [6.45, 7) is 0. The van der Waals surface area contributed by atoms with Crippen molar-refractivity contribution in [3.8, 4) is 0 Å². The highest BCUT2D eigenvalue weighted by Crippen LogP contribution is 2.37. The largest absolute Gasteiger partial charge is 0.479 e. The van der Waals surface area contributed by atoms with Crippen LogP contribution in [0, 0.1) is 0 Å². The van der Waals surface area contributed by atoms with E-state index in [1.54, 1.807) is 0 Å². The summed E-state index contributed by atoms with van der Waals surface area (Å²) in [7, 11) is 0. The molecule has 96 valence electrons. The van der Waals surface area contributed by atoms with E-state index in [0.29, 0.717) is 0 Å². The van der Waals surface area contributed by atoms with Crippen LogP contribution in [0.3, 0.4) is 0 Å². The average Bonchev–Trinajstić information content (AvgIpc) is 2.69. The van der Waals surface area contributed by atoms with Gasteiger partial charge in [0.2, 0.25) is 0 Å². The number of fused-ring (bicyclic) bond motifs is 1.